The molecule has 1 saturated carbocycles. The van der Waals surface area contributed by atoms with E-state index >= 15 is 0 Å². The molecule has 2 aliphatic rings. The summed E-state index contributed by atoms with van der Waals surface area (Å²) in [6.07, 6.45) is 2.15. The van der Waals surface area contributed by atoms with E-state index in [4.69, 9.17) is 13.9 Å². The molecular formula is C19H22N2O4. The molecule has 0 unspecified atom stereocenters. The molecule has 1 saturated heterocycles. The van der Waals surface area contributed by atoms with E-state index in [2.05, 4.69) is 24.0 Å². The van der Waals surface area contributed by atoms with Gasteiger partial charge in [-0.05, 0) is 31.0 Å². The van der Waals surface area contributed by atoms with E-state index in [-0.39, 0.29) is 23.6 Å². The fraction of sp³-hybridized carbons (Fsp3) is 0.526. The van der Waals surface area contributed by atoms with Crippen LogP contribution < -0.4 is 0 Å². The van der Waals surface area contributed by atoms with E-state index < -0.39 is 0 Å². The Morgan fingerprint density at radius 1 is 1.32 bits per heavy atom. The van der Waals surface area contributed by atoms with Crippen LogP contribution in [0.25, 0.3) is 11.5 Å². The molecular weight excluding hydrogens is 320 g/mol. The minimum Gasteiger partial charge on any atom is -0.458 e. The average Bonchev–Trinajstić information content (AvgIpc) is 3.06. The highest BCUT2D eigenvalue weighted by Crippen LogP contribution is 2.53. The molecule has 0 radical (unpaired) electrons. The largest absolute Gasteiger partial charge is 0.458 e. The summed E-state index contributed by atoms with van der Waals surface area (Å²) in [5.74, 6) is 0.870. The van der Waals surface area contributed by atoms with Crippen LogP contribution in [0.3, 0.4) is 0 Å². The quantitative estimate of drug-likeness (QED) is 0.796. The molecule has 1 aromatic carbocycles. The molecule has 6 nitrogen and oxygen atoms in total. The van der Waals surface area contributed by atoms with Crippen molar-refractivity contribution in [1.82, 2.24) is 10.2 Å². The minimum absolute atomic E-state index is 0.111. The van der Waals surface area contributed by atoms with Crippen LogP contribution >= 0.6 is 0 Å². The number of benzene rings is 1. The predicted molar refractivity (Wildman–Crippen MR) is 89.9 cm³/mol. The lowest BCUT2D eigenvalue weighted by Crippen LogP contribution is -2.65. The highest BCUT2D eigenvalue weighted by Gasteiger charge is 2.60. The second kappa shape index (κ2) is 5.95. The third-order valence-electron chi connectivity index (χ3n) is 5.33. The zero-order valence-corrected chi connectivity index (χ0v) is 14.7. The van der Waals surface area contributed by atoms with Gasteiger partial charge in [-0.25, -0.2) is 4.79 Å². The first-order chi connectivity index (χ1) is 12.0. The van der Waals surface area contributed by atoms with E-state index in [0.29, 0.717) is 28.8 Å². The number of nitrogens with zero attached hydrogens (tertiary/aromatic N) is 2. The third-order valence-corrected chi connectivity index (χ3v) is 5.33. The Balaban J connectivity index is 1.52. The van der Waals surface area contributed by atoms with Crippen molar-refractivity contribution in [1.29, 1.82) is 0 Å². The lowest BCUT2D eigenvalue weighted by Gasteiger charge is -2.58. The molecule has 132 valence electrons. The third kappa shape index (κ3) is 2.74. The molecule has 2 heterocycles. The van der Waals surface area contributed by atoms with Crippen LogP contribution in [0, 0.1) is 18.3 Å². The second-order valence-electron chi connectivity index (χ2n) is 7.45. The van der Waals surface area contributed by atoms with Gasteiger partial charge in [0.1, 0.15) is 6.10 Å². The number of aromatic nitrogens is 2. The molecule has 1 aliphatic heterocycles. The van der Waals surface area contributed by atoms with Gasteiger partial charge in [0.05, 0.1) is 11.7 Å². The SMILES string of the molecule is Cc1nnc(-c2cccc(C(=O)O[C@@H]3[C@@H]4CCCO[C@@H]4C3(C)C)c2)o1. The Bertz CT molecular complexity index is 798. The van der Waals surface area contributed by atoms with Crippen LogP contribution in [0.5, 0.6) is 0 Å². The molecule has 4 rings (SSSR count). The lowest BCUT2D eigenvalue weighted by atomic mass is 9.57. The van der Waals surface area contributed by atoms with Crippen molar-refractivity contribution in [3.8, 4) is 11.5 Å². The maximum absolute atomic E-state index is 12.7. The number of carbonyl (C=O) groups excluding carboxylic acids is 1. The summed E-state index contributed by atoms with van der Waals surface area (Å²) in [5.41, 5.74) is 1.05. The van der Waals surface area contributed by atoms with E-state index in [1.54, 1.807) is 25.1 Å². The van der Waals surface area contributed by atoms with Crippen LogP contribution in [0.1, 0.15) is 42.9 Å². The van der Waals surface area contributed by atoms with Crippen molar-refractivity contribution >= 4 is 5.97 Å². The van der Waals surface area contributed by atoms with Crippen LogP contribution in [0.4, 0.5) is 0 Å². The zero-order chi connectivity index (χ0) is 17.6. The average molecular weight is 342 g/mol. The molecule has 0 bridgehead atoms. The Kier molecular flexibility index (Phi) is 3.87. The second-order valence-corrected chi connectivity index (χ2v) is 7.45. The summed E-state index contributed by atoms with van der Waals surface area (Å²) in [7, 11) is 0. The molecule has 3 atom stereocenters. The van der Waals surface area contributed by atoms with Crippen molar-refractivity contribution in [2.24, 2.45) is 11.3 Å². The van der Waals surface area contributed by atoms with Gasteiger partial charge in [0, 0.05) is 30.4 Å². The summed E-state index contributed by atoms with van der Waals surface area (Å²) >= 11 is 0. The highest BCUT2D eigenvalue weighted by atomic mass is 16.6. The van der Waals surface area contributed by atoms with E-state index in [1.165, 1.54) is 0 Å². The van der Waals surface area contributed by atoms with Crippen molar-refractivity contribution in [2.45, 2.75) is 45.8 Å². The van der Waals surface area contributed by atoms with Crippen LogP contribution in [0.2, 0.25) is 0 Å². The molecule has 2 fully saturated rings. The maximum atomic E-state index is 12.7. The number of ether oxygens (including phenoxy) is 2. The van der Waals surface area contributed by atoms with Gasteiger partial charge in [-0.2, -0.15) is 0 Å². The van der Waals surface area contributed by atoms with E-state index in [9.17, 15) is 4.79 Å². The number of carbonyl (C=O) groups is 1. The van der Waals surface area contributed by atoms with Crippen molar-refractivity contribution in [2.75, 3.05) is 6.61 Å². The van der Waals surface area contributed by atoms with Crippen molar-refractivity contribution in [3.05, 3.63) is 35.7 Å². The summed E-state index contributed by atoms with van der Waals surface area (Å²) in [6.45, 7) is 6.75. The summed E-state index contributed by atoms with van der Waals surface area (Å²) in [6, 6.07) is 7.11. The Hall–Kier alpha value is -2.21. The van der Waals surface area contributed by atoms with Gasteiger partial charge in [0.15, 0.2) is 0 Å². The summed E-state index contributed by atoms with van der Waals surface area (Å²) < 4.78 is 17.2. The number of aryl methyl sites for hydroxylation is 1. The summed E-state index contributed by atoms with van der Waals surface area (Å²) in [4.78, 5) is 12.7. The molecule has 25 heavy (non-hydrogen) atoms. The summed E-state index contributed by atoms with van der Waals surface area (Å²) in [5, 5.41) is 7.82. The first-order valence-corrected chi connectivity index (χ1v) is 8.70. The normalized spacial score (nSPS) is 27.2. The standard InChI is InChI=1S/C19H22N2O4/c1-11-20-21-17(24-11)12-6-4-7-13(10-12)18(22)25-16-14-8-5-9-23-15(14)19(16,2)3/h4,6-7,10,14-16H,5,8-9H2,1-3H3/t14-,15+,16-/m1/s1. The van der Waals surface area contributed by atoms with Gasteiger partial charge in [0.25, 0.3) is 0 Å². The molecule has 0 N–H and O–H groups in total. The predicted octanol–water partition coefficient (Wildman–Crippen LogP) is 3.41. The van der Waals surface area contributed by atoms with Gasteiger partial charge in [-0.15, -0.1) is 10.2 Å². The molecule has 1 aromatic heterocycles. The zero-order valence-electron chi connectivity index (χ0n) is 14.7. The van der Waals surface area contributed by atoms with E-state index in [1.807, 2.05) is 6.07 Å². The Morgan fingerprint density at radius 2 is 2.16 bits per heavy atom. The molecule has 2 aromatic rings. The topological polar surface area (TPSA) is 74.5 Å². The van der Waals surface area contributed by atoms with Gasteiger partial charge in [-0.3, -0.25) is 0 Å². The highest BCUT2D eigenvalue weighted by molar-refractivity contribution is 5.90. The minimum atomic E-state index is -0.319. The van der Waals surface area contributed by atoms with Crippen molar-refractivity contribution < 1.29 is 18.7 Å². The molecule has 0 amide bonds. The fourth-order valence-corrected chi connectivity index (χ4v) is 4.09. The van der Waals surface area contributed by atoms with Crippen LogP contribution in [0.15, 0.2) is 28.7 Å². The Labute approximate surface area is 146 Å². The number of hydrogen-bond donors (Lipinski definition) is 0. The number of fused-ring (bicyclic) bond motifs is 1. The lowest BCUT2D eigenvalue weighted by molar-refractivity contribution is -0.243. The number of rotatable bonds is 3. The monoisotopic (exact) mass is 342 g/mol. The maximum Gasteiger partial charge on any atom is 0.338 e. The van der Waals surface area contributed by atoms with Crippen molar-refractivity contribution in [3.63, 3.8) is 0 Å². The van der Waals surface area contributed by atoms with Gasteiger partial charge in [-0.1, -0.05) is 19.9 Å². The molecule has 0 spiro atoms. The van der Waals surface area contributed by atoms with Gasteiger partial charge in [0.2, 0.25) is 11.8 Å². The first-order valence-electron chi connectivity index (χ1n) is 8.70. The van der Waals surface area contributed by atoms with Crippen LogP contribution in [-0.4, -0.2) is 35.0 Å². The van der Waals surface area contributed by atoms with Gasteiger partial charge < -0.3 is 13.9 Å². The smallest absolute Gasteiger partial charge is 0.338 e. The Morgan fingerprint density at radius 3 is 2.92 bits per heavy atom. The van der Waals surface area contributed by atoms with Gasteiger partial charge >= 0.3 is 5.97 Å². The number of esters is 1. The van der Waals surface area contributed by atoms with E-state index in [0.717, 1.165) is 19.4 Å². The molecule has 1 aliphatic carbocycles. The molecule has 6 heteroatoms. The van der Waals surface area contributed by atoms with Crippen LogP contribution in [-0.2, 0) is 9.47 Å². The number of hydrogen-bond acceptors (Lipinski definition) is 6. The first kappa shape index (κ1) is 16.3. The fourth-order valence-electron chi connectivity index (χ4n) is 4.09.